The molecule has 0 amide bonds. The Bertz CT molecular complexity index is 2800. The molecule has 2 heteroatoms. The van der Waals surface area contributed by atoms with E-state index in [0.717, 1.165) is 48.4 Å². The molecule has 0 N–H and O–H groups in total. The molecule has 0 atom stereocenters. The average Bonchev–Trinajstić information content (AvgIpc) is 3.66. The lowest BCUT2D eigenvalue weighted by molar-refractivity contribution is 0.767. The molecule has 63 heavy (non-hydrogen) atoms. The van der Waals surface area contributed by atoms with E-state index in [1.165, 1.54) is 67.0 Å². The Kier molecular flexibility index (Phi) is 10.1. The SMILES string of the molecule is C1=CCCC(N(c2ccc(-c3ccccc3)cc2)c2ccc3c(c2)C(c2ccccc2)(c2ccccc2)c2cc(N(C4=CC=CCC4)c4ccc(-c5ccccc5)cc4)ccc2-3)=C1. The summed E-state index contributed by atoms with van der Waals surface area (Å²) >= 11 is 0. The molecule has 0 saturated carbocycles. The van der Waals surface area contributed by atoms with Crippen molar-refractivity contribution >= 4 is 22.7 Å². The Morgan fingerprint density at radius 2 is 0.683 bits per heavy atom. The summed E-state index contributed by atoms with van der Waals surface area (Å²) in [4.78, 5) is 4.97. The van der Waals surface area contributed by atoms with E-state index in [1.807, 2.05) is 0 Å². The maximum Gasteiger partial charge on any atom is 0.0715 e. The molecular formula is C61H48N2. The van der Waals surface area contributed by atoms with Gasteiger partial charge < -0.3 is 9.80 Å². The highest BCUT2D eigenvalue weighted by Gasteiger charge is 2.47. The second kappa shape index (κ2) is 16.6. The highest BCUT2D eigenvalue weighted by Crippen LogP contribution is 2.58. The van der Waals surface area contributed by atoms with Gasteiger partial charge >= 0.3 is 0 Å². The molecule has 3 aliphatic carbocycles. The Balaban J connectivity index is 1.10. The fourth-order valence-corrected chi connectivity index (χ4v) is 10.1. The normalized spacial score (nSPS) is 14.6. The van der Waals surface area contributed by atoms with Crippen molar-refractivity contribution in [2.24, 2.45) is 0 Å². The number of hydrogen-bond acceptors (Lipinski definition) is 2. The van der Waals surface area contributed by atoms with Gasteiger partial charge in [0.15, 0.2) is 0 Å². The van der Waals surface area contributed by atoms with Crippen molar-refractivity contribution in [2.75, 3.05) is 9.80 Å². The zero-order valence-corrected chi connectivity index (χ0v) is 35.3. The summed E-state index contributed by atoms with van der Waals surface area (Å²) in [5.74, 6) is 0. The highest BCUT2D eigenvalue weighted by atomic mass is 15.2. The molecule has 0 bridgehead atoms. The van der Waals surface area contributed by atoms with E-state index >= 15 is 0 Å². The van der Waals surface area contributed by atoms with E-state index < -0.39 is 5.41 Å². The van der Waals surface area contributed by atoms with Gasteiger partial charge in [0.2, 0.25) is 0 Å². The van der Waals surface area contributed by atoms with Crippen LogP contribution in [0.3, 0.4) is 0 Å². The van der Waals surface area contributed by atoms with Crippen LogP contribution in [-0.4, -0.2) is 0 Å². The zero-order chi connectivity index (χ0) is 42.0. The van der Waals surface area contributed by atoms with Crippen LogP contribution in [0.1, 0.15) is 47.9 Å². The summed E-state index contributed by atoms with van der Waals surface area (Å²) in [6.45, 7) is 0. The van der Waals surface area contributed by atoms with Crippen LogP contribution in [0.4, 0.5) is 22.7 Å². The molecule has 0 radical (unpaired) electrons. The van der Waals surface area contributed by atoms with Crippen LogP contribution >= 0.6 is 0 Å². The average molecular weight is 809 g/mol. The summed E-state index contributed by atoms with van der Waals surface area (Å²) in [7, 11) is 0. The molecule has 0 saturated heterocycles. The number of benzene rings is 8. The van der Waals surface area contributed by atoms with Gasteiger partial charge in [-0.15, -0.1) is 0 Å². The molecule has 0 aliphatic heterocycles. The van der Waals surface area contributed by atoms with Crippen molar-refractivity contribution in [3.8, 4) is 33.4 Å². The number of fused-ring (bicyclic) bond motifs is 3. The number of rotatable bonds is 10. The molecule has 0 fully saturated rings. The fourth-order valence-electron chi connectivity index (χ4n) is 10.1. The predicted octanol–water partition coefficient (Wildman–Crippen LogP) is 16.1. The van der Waals surface area contributed by atoms with E-state index in [-0.39, 0.29) is 0 Å². The van der Waals surface area contributed by atoms with Gasteiger partial charge in [-0.1, -0.05) is 182 Å². The minimum absolute atomic E-state index is 0.591. The number of hydrogen-bond donors (Lipinski definition) is 0. The molecular weight excluding hydrogens is 761 g/mol. The maximum atomic E-state index is 2.49. The van der Waals surface area contributed by atoms with Crippen LogP contribution in [0.15, 0.2) is 254 Å². The number of nitrogens with zero attached hydrogens (tertiary/aromatic N) is 2. The van der Waals surface area contributed by atoms with Crippen molar-refractivity contribution in [3.63, 3.8) is 0 Å². The topological polar surface area (TPSA) is 6.48 Å². The van der Waals surface area contributed by atoms with Crippen LogP contribution in [0.25, 0.3) is 33.4 Å². The molecule has 8 aromatic rings. The van der Waals surface area contributed by atoms with E-state index in [4.69, 9.17) is 0 Å². The Morgan fingerprint density at radius 1 is 0.333 bits per heavy atom. The lowest BCUT2D eigenvalue weighted by Gasteiger charge is -2.36. The monoisotopic (exact) mass is 808 g/mol. The molecule has 0 unspecified atom stereocenters. The molecule has 302 valence electrons. The maximum absolute atomic E-state index is 2.49. The minimum atomic E-state index is -0.591. The molecule has 8 aromatic carbocycles. The van der Waals surface area contributed by atoms with Gasteiger partial charge in [0.05, 0.1) is 5.41 Å². The van der Waals surface area contributed by atoms with Gasteiger partial charge in [-0.3, -0.25) is 0 Å². The summed E-state index contributed by atoms with van der Waals surface area (Å²) in [5.41, 5.74) is 19.1. The Morgan fingerprint density at radius 3 is 1.05 bits per heavy atom. The summed E-state index contributed by atoms with van der Waals surface area (Å²) in [6, 6.07) is 76.3. The second-order valence-electron chi connectivity index (χ2n) is 16.7. The van der Waals surface area contributed by atoms with Crippen LogP contribution < -0.4 is 9.80 Å². The first-order valence-electron chi connectivity index (χ1n) is 22.3. The lowest BCUT2D eigenvalue weighted by Crippen LogP contribution is -2.29. The molecule has 11 rings (SSSR count). The van der Waals surface area contributed by atoms with Gasteiger partial charge in [-0.2, -0.15) is 0 Å². The van der Waals surface area contributed by atoms with Crippen molar-refractivity contribution in [2.45, 2.75) is 31.1 Å². The number of allylic oxidation sites excluding steroid dienone is 8. The van der Waals surface area contributed by atoms with E-state index in [1.54, 1.807) is 0 Å². The van der Waals surface area contributed by atoms with Gasteiger partial charge in [-0.05, 0) is 142 Å². The zero-order valence-electron chi connectivity index (χ0n) is 35.3. The highest BCUT2D eigenvalue weighted by molar-refractivity contribution is 5.91. The molecule has 2 nitrogen and oxygen atoms in total. The second-order valence-corrected chi connectivity index (χ2v) is 16.7. The Hall–Kier alpha value is -7.68. The standard InChI is InChI=1S/C61H48N2/c1-7-19-45(20-8-1)47-31-35-53(36-32-47)62(51-27-15-5-16-28-51)55-39-41-57-58-42-40-56(44-60(58)61(59(57)43-55,49-23-11-3-12-24-49)50-25-13-4-14-26-50)63(52-29-17-6-18-30-52)54-37-33-48(34-38-54)46-21-9-2-10-22-46/h1-15,17,19-27,29,31-44H,16,18,28,30H2. The summed E-state index contributed by atoms with van der Waals surface area (Å²) in [6.07, 6.45) is 17.5. The van der Waals surface area contributed by atoms with Crippen molar-refractivity contribution in [3.05, 3.63) is 276 Å². The molecule has 0 aromatic heterocycles. The smallest absolute Gasteiger partial charge is 0.0715 e. The van der Waals surface area contributed by atoms with Crippen LogP contribution in [0.5, 0.6) is 0 Å². The van der Waals surface area contributed by atoms with Gasteiger partial charge in [0, 0.05) is 34.1 Å². The van der Waals surface area contributed by atoms with Crippen LogP contribution in [0, 0.1) is 0 Å². The number of anilines is 4. The van der Waals surface area contributed by atoms with Crippen molar-refractivity contribution < 1.29 is 0 Å². The Labute approximate surface area is 371 Å². The van der Waals surface area contributed by atoms with Gasteiger partial charge in [0.1, 0.15) is 0 Å². The molecule has 0 heterocycles. The first-order valence-corrected chi connectivity index (χ1v) is 22.3. The predicted molar refractivity (Wildman–Crippen MR) is 265 cm³/mol. The van der Waals surface area contributed by atoms with Crippen LogP contribution in [-0.2, 0) is 5.41 Å². The van der Waals surface area contributed by atoms with E-state index in [2.05, 4.69) is 253 Å². The fraction of sp³-hybridized carbons (Fsp3) is 0.0820. The van der Waals surface area contributed by atoms with E-state index in [9.17, 15) is 0 Å². The van der Waals surface area contributed by atoms with Crippen molar-refractivity contribution in [1.29, 1.82) is 0 Å². The third-order valence-corrected chi connectivity index (χ3v) is 13.1. The van der Waals surface area contributed by atoms with E-state index in [0.29, 0.717) is 0 Å². The third-order valence-electron chi connectivity index (χ3n) is 13.1. The molecule has 3 aliphatic rings. The third kappa shape index (κ3) is 6.95. The minimum Gasteiger partial charge on any atom is -0.314 e. The first kappa shape index (κ1) is 38.3. The van der Waals surface area contributed by atoms with Gasteiger partial charge in [0.25, 0.3) is 0 Å². The largest absolute Gasteiger partial charge is 0.314 e. The molecule has 0 spiro atoms. The first-order chi connectivity index (χ1) is 31.3. The van der Waals surface area contributed by atoms with Crippen molar-refractivity contribution in [1.82, 2.24) is 0 Å². The lowest BCUT2D eigenvalue weighted by atomic mass is 9.67. The van der Waals surface area contributed by atoms with Gasteiger partial charge in [-0.25, -0.2) is 0 Å². The summed E-state index contributed by atoms with van der Waals surface area (Å²) in [5, 5.41) is 0. The summed E-state index contributed by atoms with van der Waals surface area (Å²) < 4.78 is 0. The van der Waals surface area contributed by atoms with Crippen LogP contribution in [0.2, 0.25) is 0 Å². The quantitative estimate of drug-likeness (QED) is 0.136.